The summed E-state index contributed by atoms with van der Waals surface area (Å²) in [6.45, 7) is 0. The van der Waals surface area contributed by atoms with Crippen LogP contribution in [0.25, 0.3) is 5.65 Å². The van der Waals surface area contributed by atoms with Crippen LogP contribution in [0.15, 0.2) is 6.20 Å². The summed E-state index contributed by atoms with van der Waals surface area (Å²) in [6, 6.07) is 0. The largest absolute Gasteiger partial charge is 0.333 e. The van der Waals surface area contributed by atoms with E-state index in [0.29, 0.717) is 17.9 Å². The molecule has 0 amide bonds. The molecule has 17 heavy (non-hydrogen) atoms. The van der Waals surface area contributed by atoms with Crippen LogP contribution in [-0.2, 0) is 6.42 Å². The van der Waals surface area contributed by atoms with Crippen LogP contribution in [0.1, 0.15) is 5.56 Å². The minimum absolute atomic E-state index is 0.0170. The summed E-state index contributed by atoms with van der Waals surface area (Å²) in [5.74, 6) is 0.315. The summed E-state index contributed by atoms with van der Waals surface area (Å²) in [5.41, 5.74) is 0.295. The number of hydrogen-bond acceptors (Lipinski definition) is 4. The fourth-order valence-electron chi connectivity index (χ4n) is 1.38. The molecule has 9 heteroatoms. The van der Waals surface area contributed by atoms with Gasteiger partial charge in [-0.1, -0.05) is 23.2 Å². The molecule has 0 radical (unpaired) electrons. The van der Waals surface area contributed by atoms with Crippen molar-refractivity contribution in [3.8, 4) is 0 Å². The zero-order valence-corrected chi connectivity index (χ0v) is 10.5. The van der Waals surface area contributed by atoms with Crippen molar-refractivity contribution in [1.82, 2.24) is 14.6 Å². The zero-order chi connectivity index (χ0) is 12.6. The average molecular weight is 296 g/mol. The third-order valence-electron chi connectivity index (χ3n) is 2.15. The lowest BCUT2D eigenvalue weighted by atomic mass is 10.3. The number of hydrogen-bond donors (Lipinski definition) is 0. The number of fused-ring (bicyclic) bond motifs is 1. The molecule has 0 aromatic carbocycles. The van der Waals surface area contributed by atoms with E-state index in [1.807, 2.05) is 0 Å². The Balaban J connectivity index is 2.74. The van der Waals surface area contributed by atoms with E-state index < -0.39 is 4.92 Å². The standard InChI is InChI=1S/C8H5Cl3N4O2/c9-2-1-4-6(10)13-8-5(15(16)17)3-12-14(8)7(4)11/h3H,1-2H2. The van der Waals surface area contributed by atoms with E-state index >= 15 is 0 Å². The van der Waals surface area contributed by atoms with Crippen LogP contribution < -0.4 is 0 Å². The molecule has 0 saturated heterocycles. The zero-order valence-electron chi connectivity index (χ0n) is 8.23. The molecule has 2 heterocycles. The van der Waals surface area contributed by atoms with E-state index in [0.717, 1.165) is 6.20 Å². The van der Waals surface area contributed by atoms with Gasteiger partial charge in [0.05, 0.1) is 4.92 Å². The minimum atomic E-state index is -0.594. The molecule has 0 unspecified atom stereocenters. The first kappa shape index (κ1) is 12.3. The van der Waals surface area contributed by atoms with Crippen LogP contribution >= 0.6 is 34.8 Å². The van der Waals surface area contributed by atoms with E-state index in [1.165, 1.54) is 4.52 Å². The molecule has 0 aliphatic rings. The fourth-order valence-corrected chi connectivity index (χ4v) is 2.19. The molecule has 0 atom stereocenters. The Morgan fingerprint density at radius 3 is 2.76 bits per heavy atom. The maximum Gasteiger partial charge on any atom is 0.333 e. The number of aromatic nitrogens is 3. The van der Waals surface area contributed by atoms with E-state index in [2.05, 4.69) is 10.1 Å². The Hall–Kier alpha value is -1.11. The van der Waals surface area contributed by atoms with E-state index in [9.17, 15) is 10.1 Å². The SMILES string of the molecule is O=[N+]([O-])c1cnn2c(Cl)c(CCCl)c(Cl)nc12. The van der Waals surface area contributed by atoms with Crippen molar-refractivity contribution in [2.45, 2.75) is 6.42 Å². The maximum absolute atomic E-state index is 10.7. The Morgan fingerprint density at radius 2 is 2.18 bits per heavy atom. The van der Waals surface area contributed by atoms with Crippen LogP contribution in [0.5, 0.6) is 0 Å². The van der Waals surface area contributed by atoms with Gasteiger partial charge < -0.3 is 0 Å². The number of rotatable bonds is 3. The number of nitro groups is 1. The predicted octanol–water partition coefficient (Wildman–Crippen LogP) is 2.73. The van der Waals surface area contributed by atoms with Gasteiger partial charge in [-0.25, -0.2) is 4.98 Å². The molecule has 6 nitrogen and oxygen atoms in total. The Morgan fingerprint density at radius 1 is 1.47 bits per heavy atom. The van der Waals surface area contributed by atoms with Crippen molar-refractivity contribution in [1.29, 1.82) is 0 Å². The van der Waals surface area contributed by atoms with Crippen LogP contribution in [0.4, 0.5) is 5.69 Å². The summed E-state index contributed by atoms with van der Waals surface area (Å²) in [6.07, 6.45) is 1.49. The van der Waals surface area contributed by atoms with Gasteiger partial charge in [-0.3, -0.25) is 10.1 Å². The average Bonchev–Trinajstić information content (AvgIpc) is 2.68. The highest BCUT2D eigenvalue weighted by molar-refractivity contribution is 6.35. The van der Waals surface area contributed by atoms with Crippen molar-refractivity contribution < 1.29 is 4.92 Å². The highest BCUT2D eigenvalue weighted by Gasteiger charge is 2.21. The molecule has 2 aromatic heterocycles. The van der Waals surface area contributed by atoms with Gasteiger partial charge in [-0.05, 0) is 6.42 Å². The summed E-state index contributed by atoms with van der Waals surface area (Å²) in [7, 11) is 0. The smallest absolute Gasteiger partial charge is 0.258 e. The Bertz CT molecular complexity index is 598. The van der Waals surface area contributed by atoms with Gasteiger partial charge in [0.15, 0.2) is 0 Å². The number of halogens is 3. The van der Waals surface area contributed by atoms with Crippen LogP contribution in [0, 0.1) is 10.1 Å². The van der Waals surface area contributed by atoms with Crippen LogP contribution in [0.3, 0.4) is 0 Å². The summed E-state index contributed by atoms with van der Waals surface area (Å²) in [5, 5.41) is 14.8. The Kier molecular flexibility index (Phi) is 3.37. The third-order valence-corrected chi connectivity index (χ3v) is 3.04. The molecular weight excluding hydrogens is 290 g/mol. The molecular formula is C8H5Cl3N4O2. The van der Waals surface area contributed by atoms with Gasteiger partial charge in [0.25, 0.3) is 0 Å². The fraction of sp³-hybridized carbons (Fsp3) is 0.250. The normalized spacial score (nSPS) is 11.0. The lowest BCUT2D eigenvalue weighted by Gasteiger charge is -2.05. The molecule has 0 bridgehead atoms. The van der Waals surface area contributed by atoms with Crippen molar-refractivity contribution in [3.63, 3.8) is 0 Å². The summed E-state index contributed by atoms with van der Waals surface area (Å²) >= 11 is 17.5. The first-order chi connectivity index (χ1) is 8.06. The topological polar surface area (TPSA) is 73.3 Å². The molecule has 0 saturated carbocycles. The van der Waals surface area contributed by atoms with Crippen molar-refractivity contribution >= 4 is 46.1 Å². The molecule has 0 aliphatic heterocycles. The molecule has 2 rings (SSSR count). The predicted molar refractivity (Wildman–Crippen MR) is 64.1 cm³/mol. The molecule has 90 valence electrons. The number of nitrogens with zero attached hydrogens (tertiary/aromatic N) is 4. The second kappa shape index (κ2) is 4.64. The van der Waals surface area contributed by atoms with E-state index in [1.54, 1.807) is 0 Å². The molecule has 0 N–H and O–H groups in total. The highest BCUT2D eigenvalue weighted by Crippen LogP contribution is 2.28. The quantitative estimate of drug-likeness (QED) is 0.378. The van der Waals surface area contributed by atoms with Crippen molar-refractivity contribution in [2.75, 3.05) is 5.88 Å². The van der Waals surface area contributed by atoms with E-state index in [-0.39, 0.29) is 21.6 Å². The maximum atomic E-state index is 10.7. The van der Waals surface area contributed by atoms with Gasteiger partial charge >= 0.3 is 5.69 Å². The lowest BCUT2D eigenvalue weighted by Crippen LogP contribution is -2.01. The van der Waals surface area contributed by atoms with Gasteiger partial charge in [-0.2, -0.15) is 9.61 Å². The number of alkyl halides is 1. The second-order valence-corrected chi connectivity index (χ2v) is 4.23. The molecule has 0 aliphatic carbocycles. The monoisotopic (exact) mass is 294 g/mol. The van der Waals surface area contributed by atoms with Crippen molar-refractivity contribution in [3.05, 3.63) is 32.2 Å². The summed E-state index contributed by atoms with van der Waals surface area (Å²) < 4.78 is 1.17. The minimum Gasteiger partial charge on any atom is -0.258 e. The first-order valence-electron chi connectivity index (χ1n) is 4.48. The molecule has 0 spiro atoms. The third kappa shape index (κ3) is 2.03. The lowest BCUT2D eigenvalue weighted by molar-refractivity contribution is -0.383. The van der Waals surface area contributed by atoms with Crippen molar-refractivity contribution in [2.24, 2.45) is 0 Å². The molecule has 2 aromatic rings. The molecule has 0 fully saturated rings. The van der Waals surface area contributed by atoms with Crippen LogP contribution in [-0.4, -0.2) is 25.4 Å². The summed E-state index contributed by atoms with van der Waals surface area (Å²) in [4.78, 5) is 14.0. The van der Waals surface area contributed by atoms with Crippen LogP contribution in [0.2, 0.25) is 10.3 Å². The highest BCUT2D eigenvalue weighted by atomic mass is 35.5. The van der Waals surface area contributed by atoms with Gasteiger partial charge in [-0.15, -0.1) is 11.6 Å². The first-order valence-corrected chi connectivity index (χ1v) is 5.77. The van der Waals surface area contributed by atoms with E-state index in [4.69, 9.17) is 34.8 Å². The van der Waals surface area contributed by atoms with Gasteiger partial charge in [0.1, 0.15) is 16.5 Å². The van der Waals surface area contributed by atoms with Gasteiger partial charge in [0.2, 0.25) is 5.65 Å². The van der Waals surface area contributed by atoms with Gasteiger partial charge in [0, 0.05) is 11.4 Å². The Labute approximate surface area is 110 Å². The second-order valence-electron chi connectivity index (χ2n) is 3.13.